The van der Waals surface area contributed by atoms with Gasteiger partial charge in [0.15, 0.2) is 0 Å². The summed E-state index contributed by atoms with van der Waals surface area (Å²) < 4.78 is 0. The normalized spacial score (nSPS) is 16.7. The Bertz CT molecular complexity index is 321. The van der Waals surface area contributed by atoms with Crippen LogP contribution < -0.4 is 0 Å². The fraction of sp³-hybridized carbons (Fsp3) is 0.538. The van der Waals surface area contributed by atoms with E-state index in [0.717, 1.165) is 25.0 Å². The molecule has 0 saturated carbocycles. The number of halogens is 1. The summed E-state index contributed by atoms with van der Waals surface area (Å²) in [7, 11) is 0. The van der Waals surface area contributed by atoms with E-state index >= 15 is 0 Å². The Balaban J connectivity index is 2.02. The van der Waals surface area contributed by atoms with Gasteiger partial charge in [-0.15, -0.1) is 0 Å². The first kappa shape index (κ1) is 11.2. The van der Waals surface area contributed by atoms with Crippen LogP contribution in [0.15, 0.2) is 24.3 Å². The predicted octanol–water partition coefficient (Wildman–Crippen LogP) is 3.42. The molecule has 1 aromatic rings. The average Bonchev–Trinajstić information content (AvgIpc) is 2.58. The molecule has 0 bridgehead atoms. The topological polar surface area (TPSA) is 3.24 Å². The van der Waals surface area contributed by atoms with Crippen molar-refractivity contribution in [3.8, 4) is 0 Å². The van der Waals surface area contributed by atoms with Crippen LogP contribution in [0.4, 0.5) is 0 Å². The molecule has 0 amide bonds. The lowest BCUT2D eigenvalue weighted by Crippen LogP contribution is -2.31. The number of fused-ring (bicyclic) bond motifs is 1. The van der Waals surface area contributed by atoms with E-state index in [1.54, 1.807) is 0 Å². The molecule has 2 heteroatoms. The minimum absolute atomic E-state index is 0.363. The van der Waals surface area contributed by atoms with Crippen LogP contribution in [0.3, 0.4) is 0 Å². The quantitative estimate of drug-likeness (QED) is 0.759. The summed E-state index contributed by atoms with van der Waals surface area (Å²) in [6.07, 6.45) is 0. The molecule has 1 aromatic carbocycles. The van der Waals surface area contributed by atoms with Crippen LogP contribution in [0.1, 0.15) is 25.0 Å². The monoisotopic (exact) mass is 267 g/mol. The van der Waals surface area contributed by atoms with E-state index in [1.165, 1.54) is 11.1 Å². The molecule has 1 aliphatic rings. The number of nitrogens with zero attached hydrogens (tertiary/aromatic N) is 1. The van der Waals surface area contributed by atoms with Crippen LogP contribution >= 0.6 is 15.9 Å². The second kappa shape index (κ2) is 4.26. The van der Waals surface area contributed by atoms with E-state index in [4.69, 9.17) is 0 Å². The number of alkyl halides is 1. The maximum atomic E-state index is 3.59. The summed E-state index contributed by atoms with van der Waals surface area (Å²) in [5, 5.41) is 1.06. The molecule has 0 unspecified atom stereocenters. The molecule has 1 aliphatic heterocycles. The molecule has 2 rings (SSSR count). The van der Waals surface area contributed by atoms with Gasteiger partial charge in [0.05, 0.1) is 0 Å². The van der Waals surface area contributed by atoms with Gasteiger partial charge in [-0.25, -0.2) is 0 Å². The third kappa shape index (κ3) is 2.61. The molecule has 0 aromatic heterocycles. The second-order valence-electron chi connectivity index (χ2n) is 5.21. The van der Waals surface area contributed by atoms with Crippen molar-refractivity contribution >= 4 is 15.9 Å². The third-order valence-electron chi connectivity index (χ3n) is 2.92. The molecule has 1 heterocycles. The molecule has 15 heavy (non-hydrogen) atoms. The lowest BCUT2D eigenvalue weighted by Gasteiger charge is -2.28. The van der Waals surface area contributed by atoms with Crippen molar-refractivity contribution in [1.82, 2.24) is 4.90 Å². The Labute approximate surface area is 101 Å². The summed E-state index contributed by atoms with van der Waals surface area (Å²) in [4.78, 5) is 2.53. The molecular formula is C13H18BrN. The molecule has 0 N–H and O–H groups in total. The van der Waals surface area contributed by atoms with E-state index in [-0.39, 0.29) is 0 Å². The number of hydrogen-bond acceptors (Lipinski definition) is 1. The van der Waals surface area contributed by atoms with Crippen LogP contribution in [0.2, 0.25) is 0 Å². The summed E-state index contributed by atoms with van der Waals surface area (Å²) in [6, 6.07) is 8.77. The van der Waals surface area contributed by atoms with Gasteiger partial charge in [-0.3, -0.25) is 4.90 Å². The van der Waals surface area contributed by atoms with Crippen molar-refractivity contribution in [2.24, 2.45) is 5.41 Å². The van der Waals surface area contributed by atoms with Gasteiger partial charge in [-0.1, -0.05) is 54.0 Å². The van der Waals surface area contributed by atoms with Crippen LogP contribution in [-0.2, 0) is 13.1 Å². The zero-order valence-electron chi connectivity index (χ0n) is 9.46. The number of rotatable bonds is 3. The second-order valence-corrected chi connectivity index (χ2v) is 5.77. The Hall–Kier alpha value is -0.340. The fourth-order valence-corrected chi connectivity index (χ4v) is 2.34. The largest absolute Gasteiger partial charge is 0.294 e. The van der Waals surface area contributed by atoms with Crippen molar-refractivity contribution in [2.45, 2.75) is 26.9 Å². The first-order valence-corrected chi connectivity index (χ1v) is 6.58. The van der Waals surface area contributed by atoms with Gasteiger partial charge in [0, 0.05) is 25.0 Å². The smallest absolute Gasteiger partial charge is 0.0240 e. The first-order valence-electron chi connectivity index (χ1n) is 5.46. The van der Waals surface area contributed by atoms with Gasteiger partial charge in [0.2, 0.25) is 0 Å². The van der Waals surface area contributed by atoms with E-state index in [9.17, 15) is 0 Å². The van der Waals surface area contributed by atoms with Gasteiger partial charge in [-0.05, 0) is 16.5 Å². The van der Waals surface area contributed by atoms with Crippen molar-refractivity contribution in [3.05, 3.63) is 35.4 Å². The SMILES string of the molecule is CC(C)(CBr)CN1Cc2ccccc2C1. The molecule has 0 spiro atoms. The fourth-order valence-electron chi connectivity index (χ4n) is 2.16. The molecule has 0 radical (unpaired) electrons. The van der Waals surface area contributed by atoms with Crippen molar-refractivity contribution < 1.29 is 0 Å². The number of benzene rings is 1. The highest BCUT2D eigenvalue weighted by Crippen LogP contribution is 2.27. The maximum Gasteiger partial charge on any atom is 0.0240 e. The summed E-state index contributed by atoms with van der Waals surface area (Å²) in [5.41, 5.74) is 3.37. The van der Waals surface area contributed by atoms with Crippen LogP contribution in [0.5, 0.6) is 0 Å². The van der Waals surface area contributed by atoms with E-state index < -0.39 is 0 Å². The zero-order chi connectivity index (χ0) is 10.9. The summed E-state index contributed by atoms with van der Waals surface area (Å²) >= 11 is 3.59. The van der Waals surface area contributed by atoms with Gasteiger partial charge >= 0.3 is 0 Å². The van der Waals surface area contributed by atoms with E-state index in [1.807, 2.05) is 0 Å². The van der Waals surface area contributed by atoms with E-state index in [0.29, 0.717) is 5.41 Å². The van der Waals surface area contributed by atoms with Crippen molar-refractivity contribution in [2.75, 3.05) is 11.9 Å². The molecule has 0 aliphatic carbocycles. The van der Waals surface area contributed by atoms with Crippen LogP contribution in [0.25, 0.3) is 0 Å². The highest BCUT2D eigenvalue weighted by molar-refractivity contribution is 9.09. The minimum atomic E-state index is 0.363. The van der Waals surface area contributed by atoms with E-state index in [2.05, 4.69) is 58.9 Å². The number of hydrogen-bond donors (Lipinski definition) is 0. The molecule has 1 nitrogen and oxygen atoms in total. The van der Waals surface area contributed by atoms with Crippen LogP contribution in [0, 0.1) is 5.41 Å². The zero-order valence-corrected chi connectivity index (χ0v) is 11.0. The third-order valence-corrected chi connectivity index (χ3v) is 4.44. The highest BCUT2D eigenvalue weighted by Gasteiger charge is 2.25. The predicted molar refractivity (Wildman–Crippen MR) is 68.1 cm³/mol. The van der Waals surface area contributed by atoms with Crippen molar-refractivity contribution in [1.29, 1.82) is 0 Å². The van der Waals surface area contributed by atoms with Gasteiger partial charge in [0.1, 0.15) is 0 Å². The Morgan fingerprint density at radius 3 is 2.20 bits per heavy atom. The molecule has 0 fully saturated rings. The van der Waals surface area contributed by atoms with Gasteiger partial charge < -0.3 is 0 Å². The van der Waals surface area contributed by atoms with Gasteiger partial charge in [-0.2, -0.15) is 0 Å². The molecular weight excluding hydrogens is 250 g/mol. The molecule has 0 saturated heterocycles. The molecule has 0 atom stereocenters. The lowest BCUT2D eigenvalue weighted by atomic mass is 9.96. The Morgan fingerprint density at radius 1 is 1.20 bits per heavy atom. The van der Waals surface area contributed by atoms with Crippen molar-refractivity contribution in [3.63, 3.8) is 0 Å². The standard InChI is InChI=1S/C13H18BrN/c1-13(2,9-14)10-15-7-11-5-3-4-6-12(11)8-15/h3-6H,7-10H2,1-2H3. The minimum Gasteiger partial charge on any atom is -0.294 e. The van der Waals surface area contributed by atoms with Crippen LogP contribution in [-0.4, -0.2) is 16.8 Å². The summed E-state index contributed by atoms with van der Waals surface area (Å²) in [5.74, 6) is 0. The Kier molecular flexibility index (Phi) is 3.17. The maximum absolute atomic E-state index is 3.59. The highest BCUT2D eigenvalue weighted by atomic mass is 79.9. The summed E-state index contributed by atoms with van der Waals surface area (Å²) in [6.45, 7) is 8.02. The van der Waals surface area contributed by atoms with Gasteiger partial charge in [0.25, 0.3) is 0 Å². The Morgan fingerprint density at radius 2 is 1.73 bits per heavy atom. The first-order chi connectivity index (χ1) is 7.11. The lowest BCUT2D eigenvalue weighted by molar-refractivity contribution is 0.198. The average molecular weight is 268 g/mol. The molecule has 82 valence electrons.